The Hall–Kier alpha value is -3.08. The van der Waals surface area contributed by atoms with E-state index in [4.69, 9.17) is 4.74 Å². The summed E-state index contributed by atoms with van der Waals surface area (Å²) in [5.41, 5.74) is 3.57. The third-order valence-electron chi connectivity index (χ3n) is 4.59. The van der Waals surface area contributed by atoms with Gasteiger partial charge in [0.05, 0.1) is 7.11 Å². The molecular formula is C22H24N2O3. The number of carbonyl (C=O) groups excluding carboxylic acids is 1. The average molecular weight is 364 g/mol. The van der Waals surface area contributed by atoms with Gasteiger partial charge in [0.15, 0.2) is 0 Å². The fourth-order valence-corrected chi connectivity index (χ4v) is 3.02. The molecule has 3 aromatic rings. The molecule has 2 aromatic carbocycles. The van der Waals surface area contributed by atoms with E-state index in [9.17, 15) is 9.59 Å². The number of aryl methyl sites for hydroxylation is 2. The van der Waals surface area contributed by atoms with Crippen molar-refractivity contribution >= 4 is 16.8 Å². The molecule has 5 nitrogen and oxygen atoms in total. The van der Waals surface area contributed by atoms with Crippen LogP contribution in [0.2, 0.25) is 0 Å². The lowest BCUT2D eigenvalue weighted by Crippen LogP contribution is -2.26. The van der Waals surface area contributed by atoms with Gasteiger partial charge < -0.3 is 15.0 Å². The van der Waals surface area contributed by atoms with Gasteiger partial charge in [-0.05, 0) is 60.5 Å². The summed E-state index contributed by atoms with van der Waals surface area (Å²) in [7, 11) is 1.64. The van der Waals surface area contributed by atoms with E-state index in [0.29, 0.717) is 24.9 Å². The van der Waals surface area contributed by atoms with Crippen LogP contribution in [0.3, 0.4) is 0 Å². The number of ether oxygens (including phenoxy) is 1. The molecular weight excluding hydrogens is 340 g/mol. The predicted octanol–water partition coefficient (Wildman–Crippen LogP) is 3.14. The number of carbonyl (C=O) groups is 1. The van der Waals surface area contributed by atoms with Crippen LogP contribution in [0.15, 0.2) is 53.3 Å². The maximum absolute atomic E-state index is 12.2. The van der Waals surface area contributed by atoms with Gasteiger partial charge in [0.2, 0.25) is 5.91 Å². The summed E-state index contributed by atoms with van der Waals surface area (Å²) in [4.78, 5) is 27.2. The molecule has 5 heteroatoms. The number of pyridine rings is 1. The summed E-state index contributed by atoms with van der Waals surface area (Å²) in [6.45, 7) is 2.56. The van der Waals surface area contributed by atoms with Crippen molar-refractivity contribution in [2.75, 3.05) is 13.7 Å². The lowest BCUT2D eigenvalue weighted by atomic mass is 10.1. The van der Waals surface area contributed by atoms with Gasteiger partial charge in [-0.2, -0.15) is 0 Å². The highest BCUT2D eigenvalue weighted by atomic mass is 16.5. The maximum atomic E-state index is 12.2. The van der Waals surface area contributed by atoms with Crippen molar-refractivity contribution in [3.63, 3.8) is 0 Å². The molecule has 140 valence electrons. The molecule has 0 bridgehead atoms. The molecule has 0 unspecified atom stereocenters. The molecule has 0 aliphatic rings. The van der Waals surface area contributed by atoms with Crippen LogP contribution in [-0.4, -0.2) is 24.5 Å². The van der Waals surface area contributed by atoms with Gasteiger partial charge in [-0.1, -0.05) is 24.3 Å². The first-order valence-electron chi connectivity index (χ1n) is 9.07. The second-order valence-electron chi connectivity index (χ2n) is 6.66. The quantitative estimate of drug-likeness (QED) is 0.677. The molecule has 0 atom stereocenters. The van der Waals surface area contributed by atoms with Crippen LogP contribution in [0.5, 0.6) is 5.75 Å². The Kier molecular flexibility index (Phi) is 5.91. The van der Waals surface area contributed by atoms with E-state index < -0.39 is 0 Å². The van der Waals surface area contributed by atoms with Gasteiger partial charge in [0.1, 0.15) is 5.75 Å². The van der Waals surface area contributed by atoms with E-state index in [1.807, 2.05) is 55.5 Å². The van der Waals surface area contributed by atoms with E-state index in [2.05, 4.69) is 10.3 Å². The minimum Gasteiger partial charge on any atom is -0.497 e. The molecule has 0 aliphatic carbocycles. The molecule has 1 aromatic heterocycles. The Bertz CT molecular complexity index is 991. The van der Waals surface area contributed by atoms with Gasteiger partial charge in [-0.15, -0.1) is 0 Å². The zero-order chi connectivity index (χ0) is 19.2. The SMILES string of the molecule is COc1ccc(CCNC(=O)CCc2cc3ccc(C)cc3[nH]c2=O)cc1. The van der Waals surface area contributed by atoms with Crippen LogP contribution >= 0.6 is 0 Å². The summed E-state index contributed by atoms with van der Waals surface area (Å²) in [5, 5.41) is 3.89. The highest BCUT2D eigenvalue weighted by Gasteiger charge is 2.07. The molecule has 0 saturated heterocycles. The number of aromatic amines is 1. The Morgan fingerprint density at radius 1 is 1.07 bits per heavy atom. The summed E-state index contributed by atoms with van der Waals surface area (Å²) < 4.78 is 5.13. The summed E-state index contributed by atoms with van der Waals surface area (Å²) in [5.74, 6) is 0.769. The van der Waals surface area contributed by atoms with Crippen LogP contribution < -0.4 is 15.6 Å². The molecule has 0 fully saturated rings. The molecule has 1 heterocycles. The van der Waals surface area contributed by atoms with Crippen LogP contribution in [0.25, 0.3) is 10.9 Å². The normalized spacial score (nSPS) is 10.7. The highest BCUT2D eigenvalue weighted by molar-refractivity contribution is 5.80. The van der Waals surface area contributed by atoms with Crippen molar-refractivity contribution in [1.29, 1.82) is 0 Å². The highest BCUT2D eigenvalue weighted by Crippen LogP contribution is 2.14. The molecule has 27 heavy (non-hydrogen) atoms. The summed E-state index contributed by atoms with van der Waals surface area (Å²) >= 11 is 0. The Morgan fingerprint density at radius 3 is 2.59 bits per heavy atom. The van der Waals surface area contributed by atoms with E-state index in [1.54, 1.807) is 7.11 Å². The van der Waals surface area contributed by atoms with Crippen molar-refractivity contribution in [3.8, 4) is 5.75 Å². The van der Waals surface area contributed by atoms with Gasteiger partial charge in [0.25, 0.3) is 5.56 Å². The number of methoxy groups -OCH3 is 1. The zero-order valence-electron chi connectivity index (χ0n) is 15.7. The molecule has 0 saturated carbocycles. The van der Waals surface area contributed by atoms with Crippen LogP contribution in [0.1, 0.15) is 23.1 Å². The fraction of sp³-hybridized carbons (Fsp3) is 0.273. The first-order chi connectivity index (χ1) is 13.0. The van der Waals surface area contributed by atoms with Crippen molar-refractivity contribution in [2.24, 2.45) is 0 Å². The van der Waals surface area contributed by atoms with Crippen LogP contribution in [0, 0.1) is 6.92 Å². The second kappa shape index (κ2) is 8.54. The zero-order valence-corrected chi connectivity index (χ0v) is 15.7. The van der Waals surface area contributed by atoms with Gasteiger partial charge in [-0.3, -0.25) is 9.59 Å². The Morgan fingerprint density at radius 2 is 1.85 bits per heavy atom. The fourth-order valence-electron chi connectivity index (χ4n) is 3.02. The number of nitrogens with one attached hydrogen (secondary N) is 2. The van der Waals surface area contributed by atoms with Crippen molar-refractivity contribution < 1.29 is 9.53 Å². The van der Waals surface area contributed by atoms with Gasteiger partial charge in [0, 0.05) is 24.0 Å². The van der Waals surface area contributed by atoms with Crippen molar-refractivity contribution in [2.45, 2.75) is 26.2 Å². The van der Waals surface area contributed by atoms with Gasteiger partial charge in [-0.25, -0.2) is 0 Å². The van der Waals surface area contributed by atoms with E-state index in [0.717, 1.165) is 34.2 Å². The number of benzene rings is 2. The Labute approximate surface area is 158 Å². The third kappa shape index (κ3) is 4.97. The van der Waals surface area contributed by atoms with E-state index in [1.165, 1.54) is 0 Å². The first kappa shape index (κ1) is 18.7. The topological polar surface area (TPSA) is 71.2 Å². The molecule has 3 rings (SSSR count). The largest absolute Gasteiger partial charge is 0.497 e. The monoisotopic (exact) mass is 364 g/mol. The molecule has 0 aliphatic heterocycles. The number of amides is 1. The number of fused-ring (bicyclic) bond motifs is 1. The molecule has 0 radical (unpaired) electrons. The average Bonchev–Trinajstić information content (AvgIpc) is 2.67. The first-order valence-corrected chi connectivity index (χ1v) is 9.07. The van der Waals surface area contributed by atoms with E-state index in [-0.39, 0.29) is 11.5 Å². The smallest absolute Gasteiger partial charge is 0.251 e. The third-order valence-corrected chi connectivity index (χ3v) is 4.59. The minimum atomic E-state index is -0.126. The van der Waals surface area contributed by atoms with Crippen LogP contribution in [-0.2, 0) is 17.6 Å². The van der Waals surface area contributed by atoms with Crippen molar-refractivity contribution in [3.05, 3.63) is 75.6 Å². The lowest BCUT2D eigenvalue weighted by molar-refractivity contribution is -0.121. The minimum absolute atomic E-state index is 0.0492. The number of rotatable bonds is 7. The summed E-state index contributed by atoms with van der Waals surface area (Å²) in [6, 6.07) is 15.6. The molecule has 0 spiro atoms. The number of H-pyrrole nitrogens is 1. The number of hydrogen-bond acceptors (Lipinski definition) is 3. The number of hydrogen-bond donors (Lipinski definition) is 2. The van der Waals surface area contributed by atoms with Crippen molar-refractivity contribution in [1.82, 2.24) is 10.3 Å². The van der Waals surface area contributed by atoms with Crippen LogP contribution in [0.4, 0.5) is 0 Å². The predicted molar refractivity (Wildman–Crippen MR) is 107 cm³/mol. The second-order valence-corrected chi connectivity index (χ2v) is 6.66. The standard InChI is InChI=1S/C22H24N2O3/c1-15-3-6-17-14-18(22(26)24-20(17)13-15)7-10-21(25)23-12-11-16-4-8-19(27-2)9-5-16/h3-6,8-9,13-14H,7,10-12H2,1-2H3,(H,23,25)(H,24,26). The molecule has 2 N–H and O–H groups in total. The lowest BCUT2D eigenvalue weighted by Gasteiger charge is -2.07. The number of aromatic nitrogens is 1. The molecule has 1 amide bonds. The van der Waals surface area contributed by atoms with E-state index >= 15 is 0 Å². The Balaban J connectivity index is 1.51. The van der Waals surface area contributed by atoms with Gasteiger partial charge >= 0.3 is 0 Å². The summed E-state index contributed by atoms with van der Waals surface area (Å²) in [6.07, 6.45) is 1.47. The maximum Gasteiger partial charge on any atom is 0.251 e.